The van der Waals surface area contributed by atoms with E-state index in [0.717, 1.165) is 6.07 Å². The highest BCUT2D eigenvalue weighted by molar-refractivity contribution is 5.71. The average molecular weight is 431 g/mol. The van der Waals surface area contributed by atoms with Crippen molar-refractivity contribution in [2.45, 2.75) is 48.6 Å². The molecule has 0 heterocycles. The molecule has 0 N–H and O–H groups in total. The Morgan fingerprint density at radius 2 is 1.15 bits per heavy atom. The van der Waals surface area contributed by atoms with E-state index in [2.05, 4.69) is 4.74 Å². The lowest BCUT2D eigenvalue weighted by atomic mass is 9.93. The van der Waals surface area contributed by atoms with E-state index in [1.54, 1.807) is 0 Å². The van der Waals surface area contributed by atoms with E-state index in [-0.39, 0.29) is 0 Å². The van der Waals surface area contributed by atoms with Crippen LogP contribution in [0.5, 0.6) is 0 Å². The minimum atomic E-state index is -7.97. The number of carbonyl (C=O) groups excluding carboxylic acids is 1. The summed E-state index contributed by atoms with van der Waals surface area (Å²) in [5, 5.41) is 8.00. The standard InChI is InChI=1S/C11H6F13NO2/c12-6(13,2-4-27-5(26)1-3-25)7(14,15)8(16,17)9(18,19)10(20,21)11(22,23)24/h1-2,4H2. The molecule has 0 aromatic carbocycles. The minimum Gasteiger partial charge on any atom is -0.465 e. The fourth-order valence-corrected chi connectivity index (χ4v) is 1.37. The van der Waals surface area contributed by atoms with Crippen molar-refractivity contribution in [3.63, 3.8) is 0 Å². The van der Waals surface area contributed by atoms with Crippen molar-refractivity contribution in [1.29, 1.82) is 5.26 Å². The van der Waals surface area contributed by atoms with Crippen molar-refractivity contribution in [1.82, 2.24) is 0 Å². The van der Waals surface area contributed by atoms with Gasteiger partial charge in [-0.1, -0.05) is 0 Å². The zero-order chi connectivity index (χ0) is 22.1. The summed E-state index contributed by atoms with van der Waals surface area (Å²) in [5.74, 6) is -39.0. The average Bonchev–Trinajstić information content (AvgIpc) is 2.45. The summed E-state index contributed by atoms with van der Waals surface area (Å²) in [6, 6.07) is 1.10. The number of rotatable bonds is 8. The maximum Gasteiger partial charge on any atom is 0.460 e. The zero-order valence-corrected chi connectivity index (χ0v) is 12.3. The summed E-state index contributed by atoms with van der Waals surface area (Å²) in [5.41, 5.74) is 0. The zero-order valence-electron chi connectivity index (χ0n) is 12.3. The number of esters is 1. The normalized spacial score (nSPS) is 14.7. The summed E-state index contributed by atoms with van der Waals surface area (Å²) >= 11 is 0. The molecule has 0 amide bonds. The molecule has 158 valence electrons. The maximum atomic E-state index is 13.2. The fraction of sp³-hybridized carbons (Fsp3) is 0.818. The first-order chi connectivity index (χ1) is 11.7. The molecule has 0 aliphatic carbocycles. The summed E-state index contributed by atoms with van der Waals surface area (Å²) < 4.78 is 169. The van der Waals surface area contributed by atoms with Gasteiger partial charge in [0, 0.05) is 0 Å². The smallest absolute Gasteiger partial charge is 0.460 e. The second kappa shape index (κ2) is 7.23. The van der Waals surface area contributed by atoms with Gasteiger partial charge in [-0.25, -0.2) is 0 Å². The van der Waals surface area contributed by atoms with E-state index in [0.29, 0.717) is 0 Å². The summed E-state index contributed by atoms with van der Waals surface area (Å²) in [7, 11) is 0. The van der Waals surface area contributed by atoms with Crippen LogP contribution in [-0.4, -0.2) is 48.4 Å². The van der Waals surface area contributed by atoms with Gasteiger partial charge < -0.3 is 4.74 Å². The van der Waals surface area contributed by atoms with Gasteiger partial charge in [-0.3, -0.25) is 4.79 Å². The molecule has 0 saturated carbocycles. The third kappa shape index (κ3) is 4.15. The minimum absolute atomic E-state index is 1.10. The molecule has 0 saturated heterocycles. The van der Waals surface area contributed by atoms with Crippen LogP contribution in [0.1, 0.15) is 12.8 Å². The number of carbonyl (C=O) groups is 1. The first-order valence-corrected chi connectivity index (χ1v) is 6.19. The van der Waals surface area contributed by atoms with Crippen LogP contribution in [-0.2, 0) is 9.53 Å². The Balaban J connectivity index is 5.75. The highest BCUT2D eigenvalue weighted by Gasteiger charge is 2.90. The van der Waals surface area contributed by atoms with Crippen molar-refractivity contribution >= 4 is 5.97 Å². The van der Waals surface area contributed by atoms with Crippen LogP contribution in [0, 0.1) is 11.3 Å². The Hall–Kier alpha value is -1.95. The Labute approximate surface area is 140 Å². The second-order valence-electron chi connectivity index (χ2n) is 4.81. The lowest BCUT2D eigenvalue weighted by molar-refractivity contribution is -0.440. The molecular weight excluding hydrogens is 425 g/mol. The highest BCUT2D eigenvalue weighted by atomic mass is 19.4. The Kier molecular flexibility index (Phi) is 6.70. The van der Waals surface area contributed by atoms with Gasteiger partial charge in [-0.2, -0.15) is 62.3 Å². The first kappa shape index (κ1) is 25.1. The highest BCUT2D eigenvalue weighted by Crippen LogP contribution is 2.60. The molecule has 27 heavy (non-hydrogen) atoms. The number of halogens is 13. The van der Waals surface area contributed by atoms with Gasteiger partial charge in [0.25, 0.3) is 0 Å². The van der Waals surface area contributed by atoms with Gasteiger partial charge in [0.15, 0.2) is 0 Å². The van der Waals surface area contributed by atoms with Crippen molar-refractivity contribution in [3.8, 4) is 6.07 Å². The van der Waals surface area contributed by atoms with Crippen LogP contribution >= 0.6 is 0 Å². The van der Waals surface area contributed by atoms with Gasteiger partial charge in [-0.05, 0) is 0 Å². The molecule has 16 heteroatoms. The van der Waals surface area contributed by atoms with E-state index in [1.165, 1.54) is 0 Å². The third-order valence-corrected chi connectivity index (χ3v) is 2.90. The third-order valence-electron chi connectivity index (χ3n) is 2.90. The summed E-state index contributed by atoms with van der Waals surface area (Å²) in [6.45, 7) is -1.86. The van der Waals surface area contributed by atoms with Crippen LogP contribution in [0.25, 0.3) is 0 Å². The van der Waals surface area contributed by atoms with Gasteiger partial charge in [0.2, 0.25) is 0 Å². The molecule has 0 radical (unpaired) electrons. The summed E-state index contributed by atoms with van der Waals surface area (Å²) in [6.07, 6.45) is -11.2. The van der Waals surface area contributed by atoms with Crippen molar-refractivity contribution in [2.75, 3.05) is 6.61 Å². The topological polar surface area (TPSA) is 50.1 Å². The quantitative estimate of drug-likeness (QED) is 0.418. The monoisotopic (exact) mass is 431 g/mol. The number of nitriles is 1. The number of hydrogen-bond acceptors (Lipinski definition) is 3. The van der Waals surface area contributed by atoms with E-state index in [9.17, 15) is 61.9 Å². The molecule has 0 aromatic rings. The lowest BCUT2D eigenvalue weighted by Crippen LogP contribution is -2.70. The van der Waals surface area contributed by atoms with Crippen molar-refractivity contribution < 1.29 is 66.6 Å². The lowest BCUT2D eigenvalue weighted by Gasteiger charge is -2.39. The fourth-order valence-electron chi connectivity index (χ4n) is 1.37. The SMILES string of the molecule is N#CCC(=O)OCCC(F)(F)C(F)(F)C(F)(F)C(F)(F)C(F)(F)C(F)(F)F. The van der Waals surface area contributed by atoms with Crippen LogP contribution in [0.4, 0.5) is 57.1 Å². The van der Waals surface area contributed by atoms with E-state index in [4.69, 9.17) is 5.26 Å². The molecule has 0 bridgehead atoms. The molecular formula is C11H6F13NO2. The Bertz CT molecular complexity index is 590. The molecule has 0 aromatic heterocycles. The van der Waals surface area contributed by atoms with E-state index in [1.807, 2.05) is 0 Å². The number of nitrogens with zero attached hydrogens (tertiary/aromatic N) is 1. The number of hydrogen-bond donors (Lipinski definition) is 0. The van der Waals surface area contributed by atoms with Gasteiger partial charge in [0.05, 0.1) is 19.1 Å². The summed E-state index contributed by atoms with van der Waals surface area (Å²) in [4.78, 5) is 10.6. The molecule has 0 aliphatic rings. The van der Waals surface area contributed by atoms with E-state index < -0.39 is 61.2 Å². The van der Waals surface area contributed by atoms with Crippen molar-refractivity contribution in [2.24, 2.45) is 0 Å². The molecule has 0 spiro atoms. The van der Waals surface area contributed by atoms with E-state index >= 15 is 0 Å². The Morgan fingerprint density at radius 1 is 0.741 bits per heavy atom. The van der Waals surface area contributed by atoms with Gasteiger partial charge in [-0.15, -0.1) is 0 Å². The molecule has 0 unspecified atom stereocenters. The van der Waals surface area contributed by atoms with Crippen LogP contribution in [0.2, 0.25) is 0 Å². The molecule has 0 atom stereocenters. The predicted molar refractivity (Wildman–Crippen MR) is 56.6 cm³/mol. The maximum absolute atomic E-state index is 13.2. The van der Waals surface area contributed by atoms with Crippen LogP contribution in [0.3, 0.4) is 0 Å². The number of ether oxygens (including phenoxy) is 1. The molecule has 3 nitrogen and oxygen atoms in total. The van der Waals surface area contributed by atoms with Gasteiger partial charge in [0.1, 0.15) is 6.42 Å². The molecule has 0 aliphatic heterocycles. The molecule has 0 fully saturated rings. The Morgan fingerprint density at radius 3 is 1.52 bits per heavy atom. The van der Waals surface area contributed by atoms with Crippen molar-refractivity contribution in [3.05, 3.63) is 0 Å². The van der Waals surface area contributed by atoms with Crippen LogP contribution < -0.4 is 0 Å². The first-order valence-electron chi connectivity index (χ1n) is 6.19. The van der Waals surface area contributed by atoms with Crippen LogP contribution in [0.15, 0.2) is 0 Å². The second-order valence-corrected chi connectivity index (χ2v) is 4.81. The predicted octanol–water partition coefficient (Wildman–Crippen LogP) is 4.57. The largest absolute Gasteiger partial charge is 0.465 e. The van der Waals surface area contributed by atoms with Gasteiger partial charge >= 0.3 is 41.8 Å². The number of alkyl halides is 13. The molecule has 0 rings (SSSR count).